The first-order valence-corrected chi connectivity index (χ1v) is 8.51. The van der Waals surface area contributed by atoms with Gasteiger partial charge in [-0.25, -0.2) is 0 Å². The summed E-state index contributed by atoms with van der Waals surface area (Å²) in [6.07, 6.45) is 0. The molecule has 3 aromatic carbocycles. The van der Waals surface area contributed by atoms with Crippen LogP contribution in [0.3, 0.4) is 0 Å². The molecule has 1 N–H and O–H groups in total. The summed E-state index contributed by atoms with van der Waals surface area (Å²) in [5, 5.41) is 2.90. The Bertz CT molecular complexity index is 889. The van der Waals surface area contributed by atoms with Crippen molar-refractivity contribution < 1.29 is 19.0 Å². The molecule has 0 aliphatic rings. The molecule has 27 heavy (non-hydrogen) atoms. The molecule has 3 rings (SSSR count). The van der Waals surface area contributed by atoms with Gasteiger partial charge in [-0.05, 0) is 54.6 Å². The first kappa shape index (κ1) is 18.3. The first-order chi connectivity index (χ1) is 13.2. The number of methoxy groups -OCH3 is 2. The molecule has 3 aromatic rings. The zero-order valence-electron chi connectivity index (χ0n) is 15.3. The van der Waals surface area contributed by atoms with Crippen LogP contribution in [0.4, 0.5) is 0 Å². The predicted octanol–water partition coefficient (Wildman–Crippen LogP) is 4.43. The summed E-state index contributed by atoms with van der Waals surface area (Å²) < 4.78 is 16.2. The van der Waals surface area contributed by atoms with E-state index >= 15 is 0 Å². The summed E-state index contributed by atoms with van der Waals surface area (Å²) in [5.41, 5.74) is 1.49. The standard InChI is InChI=1S/C22H21NO4/c1-25-18-11-13-20(14-12-18)27-19-9-7-16(8-10-19)22(24)23-15-17-5-3-4-6-21(17)26-2/h3-14H,15H2,1-2H3,(H,23,24). The summed E-state index contributed by atoms with van der Waals surface area (Å²) in [7, 11) is 3.23. The van der Waals surface area contributed by atoms with E-state index in [2.05, 4.69) is 5.32 Å². The van der Waals surface area contributed by atoms with Crippen LogP contribution in [0.15, 0.2) is 72.8 Å². The van der Waals surface area contributed by atoms with E-state index in [1.165, 1.54) is 0 Å². The number of ether oxygens (including phenoxy) is 3. The molecule has 5 nitrogen and oxygen atoms in total. The van der Waals surface area contributed by atoms with Crippen LogP contribution in [-0.2, 0) is 6.54 Å². The Balaban J connectivity index is 1.59. The average Bonchev–Trinajstić information content (AvgIpc) is 2.73. The van der Waals surface area contributed by atoms with E-state index in [0.29, 0.717) is 23.6 Å². The third-order valence-electron chi connectivity index (χ3n) is 4.04. The normalized spacial score (nSPS) is 10.1. The molecule has 1 amide bonds. The zero-order chi connectivity index (χ0) is 19.1. The third-order valence-corrected chi connectivity index (χ3v) is 4.04. The quantitative estimate of drug-likeness (QED) is 0.675. The van der Waals surface area contributed by atoms with Crippen molar-refractivity contribution in [3.63, 3.8) is 0 Å². The number of nitrogens with one attached hydrogen (secondary N) is 1. The van der Waals surface area contributed by atoms with Gasteiger partial charge in [-0.2, -0.15) is 0 Å². The van der Waals surface area contributed by atoms with Crippen molar-refractivity contribution in [3.05, 3.63) is 83.9 Å². The minimum Gasteiger partial charge on any atom is -0.497 e. The maximum Gasteiger partial charge on any atom is 0.251 e. The first-order valence-electron chi connectivity index (χ1n) is 8.51. The molecule has 5 heteroatoms. The molecule has 0 saturated carbocycles. The summed E-state index contributed by atoms with van der Waals surface area (Å²) in [5.74, 6) is 2.72. The van der Waals surface area contributed by atoms with E-state index in [0.717, 1.165) is 17.1 Å². The van der Waals surface area contributed by atoms with Gasteiger partial charge in [-0.1, -0.05) is 18.2 Å². The van der Waals surface area contributed by atoms with Crippen LogP contribution >= 0.6 is 0 Å². The highest BCUT2D eigenvalue weighted by molar-refractivity contribution is 5.94. The largest absolute Gasteiger partial charge is 0.497 e. The summed E-state index contributed by atoms with van der Waals surface area (Å²) in [6.45, 7) is 0.396. The number of benzene rings is 3. The van der Waals surface area contributed by atoms with E-state index in [1.54, 1.807) is 38.5 Å². The number of hydrogen-bond donors (Lipinski definition) is 1. The molecule has 0 bridgehead atoms. The smallest absolute Gasteiger partial charge is 0.251 e. The average molecular weight is 363 g/mol. The lowest BCUT2D eigenvalue weighted by Gasteiger charge is -2.10. The maximum absolute atomic E-state index is 12.4. The highest BCUT2D eigenvalue weighted by Gasteiger charge is 2.08. The van der Waals surface area contributed by atoms with Gasteiger partial charge in [0.2, 0.25) is 0 Å². The SMILES string of the molecule is COc1ccc(Oc2ccc(C(=O)NCc3ccccc3OC)cc2)cc1. The number of carbonyl (C=O) groups excluding carboxylic acids is 1. The monoisotopic (exact) mass is 363 g/mol. The molecule has 0 aromatic heterocycles. The van der Waals surface area contributed by atoms with E-state index in [9.17, 15) is 4.79 Å². The number of rotatable bonds is 7. The number of carbonyl (C=O) groups is 1. The minimum absolute atomic E-state index is 0.156. The fraction of sp³-hybridized carbons (Fsp3) is 0.136. The zero-order valence-corrected chi connectivity index (χ0v) is 15.3. The van der Waals surface area contributed by atoms with Gasteiger partial charge in [0.15, 0.2) is 0 Å². The third kappa shape index (κ3) is 4.79. The van der Waals surface area contributed by atoms with E-state index in [1.807, 2.05) is 48.5 Å². The van der Waals surface area contributed by atoms with Crippen molar-refractivity contribution in [1.82, 2.24) is 5.32 Å². The molecule has 138 valence electrons. The summed E-state index contributed by atoms with van der Waals surface area (Å²) in [6, 6.07) is 21.9. The van der Waals surface area contributed by atoms with Crippen LogP contribution in [0.2, 0.25) is 0 Å². The van der Waals surface area contributed by atoms with E-state index < -0.39 is 0 Å². The van der Waals surface area contributed by atoms with Crippen LogP contribution in [0, 0.1) is 0 Å². The Labute approximate surface area is 158 Å². The van der Waals surface area contributed by atoms with E-state index in [4.69, 9.17) is 14.2 Å². The lowest BCUT2D eigenvalue weighted by atomic mass is 10.1. The van der Waals surface area contributed by atoms with Gasteiger partial charge < -0.3 is 19.5 Å². The Morgan fingerprint density at radius 1 is 0.778 bits per heavy atom. The van der Waals surface area contributed by atoms with Gasteiger partial charge in [0, 0.05) is 17.7 Å². The second kappa shape index (κ2) is 8.76. The van der Waals surface area contributed by atoms with Gasteiger partial charge >= 0.3 is 0 Å². The van der Waals surface area contributed by atoms with Crippen molar-refractivity contribution in [1.29, 1.82) is 0 Å². The fourth-order valence-electron chi connectivity index (χ4n) is 2.58. The summed E-state index contributed by atoms with van der Waals surface area (Å²) >= 11 is 0. The van der Waals surface area contributed by atoms with Crippen molar-refractivity contribution in [3.8, 4) is 23.0 Å². The van der Waals surface area contributed by atoms with Crippen LogP contribution in [0.5, 0.6) is 23.0 Å². The number of hydrogen-bond acceptors (Lipinski definition) is 4. The number of amides is 1. The second-order valence-electron chi connectivity index (χ2n) is 5.80. The molecule has 0 fully saturated rings. The molecule has 0 unspecified atom stereocenters. The van der Waals surface area contributed by atoms with Crippen LogP contribution in [-0.4, -0.2) is 20.1 Å². The highest BCUT2D eigenvalue weighted by Crippen LogP contribution is 2.24. The molecule has 0 aliphatic heterocycles. The molecule has 0 atom stereocenters. The van der Waals surface area contributed by atoms with Crippen molar-refractivity contribution >= 4 is 5.91 Å². The Kier molecular flexibility index (Phi) is 5.94. The van der Waals surface area contributed by atoms with E-state index in [-0.39, 0.29) is 5.91 Å². The molecular formula is C22H21NO4. The Hall–Kier alpha value is -3.47. The Morgan fingerprint density at radius 2 is 1.37 bits per heavy atom. The topological polar surface area (TPSA) is 56.8 Å². The van der Waals surface area contributed by atoms with Gasteiger partial charge in [-0.15, -0.1) is 0 Å². The molecule has 0 aliphatic carbocycles. The van der Waals surface area contributed by atoms with Gasteiger partial charge in [0.1, 0.15) is 23.0 Å². The lowest BCUT2D eigenvalue weighted by Crippen LogP contribution is -2.22. The number of para-hydroxylation sites is 1. The fourth-order valence-corrected chi connectivity index (χ4v) is 2.58. The molecule has 0 spiro atoms. The summed E-state index contributed by atoms with van der Waals surface area (Å²) in [4.78, 5) is 12.4. The minimum atomic E-state index is -0.156. The second-order valence-corrected chi connectivity index (χ2v) is 5.80. The van der Waals surface area contributed by atoms with Gasteiger partial charge in [0.05, 0.1) is 14.2 Å². The van der Waals surface area contributed by atoms with Crippen molar-refractivity contribution in [2.24, 2.45) is 0 Å². The van der Waals surface area contributed by atoms with Gasteiger partial charge in [-0.3, -0.25) is 4.79 Å². The van der Waals surface area contributed by atoms with Crippen LogP contribution in [0.1, 0.15) is 15.9 Å². The van der Waals surface area contributed by atoms with Crippen molar-refractivity contribution in [2.45, 2.75) is 6.54 Å². The molecule has 0 saturated heterocycles. The predicted molar refractivity (Wildman–Crippen MR) is 104 cm³/mol. The molecule has 0 radical (unpaired) electrons. The molecular weight excluding hydrogens is 342 g/mol. The highest BCUT2D eigenvalue weighted by atomic mass is 16.5. The van der Waals surface area contributed by atoms with Crippen LogP contribution in [0.25, 0.3) is 0 Å². The maximum atomic E-state index is 12.4. The van der Waals surface area contributed by atoms with Crippen molar-refractivity contribution in [2.75, 3.05) is 14.2 Å². The van der Waals surface area contributed by atoms with Gasteiger partial charge in [0.25, 0.3) is 5.91 Å². The Morgan fingerprint density at radius 3 is 2.00 bits per heavy atom. The lowest BCUT2D eigenvalue weighted by molar-refractivity contribution is 0.0950. The van der Waals surface area contributed by atoms with Crippen LogP contribution < -0.4 is 19.5 Å². The molecule has 0 heterocycles.